The molecule has 1 aromatic carbocycles. The summed E-state index contributed by atoms with van der Waals surface area (Å²) in [5, 5.41) is 4.08. The Morgan fingerprint density at radius 3 is 2.64 bits per heavy atom. The van der Waals surface area contributed by atoms with Crippen molar-refractivity contribution in [3.05, 3.63) is 54.6 Å². The van der Waals surface area contributed by atoms with E-state index in [1.54, 1.807) is 43.8 Å². The van der Waals surface area contributed by atoms with Gasteiger partial charge in [-0.1, -0.05) is 29.3 Å². The van der Waals surface area contributed by atoms with Crippen LogP contribution in [0.3, 0.4) is 0 Å². The molecule has 33 heavy (non-hydrogen) atoms. The molecule has 1 aliphatic rings. The number of carbonyl (C=O) groups excluding carboxylic acids is 1. The first kappa shape index (κ1) is 23.4. The molecule has 1 saturated carbocycles. The van der Waals surface area contributed by atoms with Gasteiger partial charge in [-0.25, -0.2) is 4.79 Å². The number of anilines is 1. The van der Waals surface area contributed by atoms with Crippen molar-refractivity contribution in [1.29, 1.82) is 0 Å². The predicted molar refractivity (Wildman–Crippen MR) is 127 cm³/mol. The van der Waals surface area contributed by atoms with Crippen molar-refractivity contribution >= 4 is 46.3 Å². The summed E-state index contributed by atoms with van der Waals surface area (Å²) in [6.45, 7) is 2.21. The maximum atomic E-state index is 13.3. The highest BCUT2D eigenvalue weighted by molar-refractivity contribution is 6.42. The molecule has 3 aromatic rings. The van der Waals surface area contributed by atoms with Gasteiger partial charge in [0.05, 0.1) is 29.1 Å². The Bertz CT molecular complexity index is 1340. The summed E-state index contributed by atoms with van der Waals surface area (Å²) in [5.41, 5.74) is 0.351. The molecule has 0 aliphatic heterocycles. The van der Waals surface area contributed by atoms with Crippen molar-refractivity contribution in [2.24, 2.45) is 20.0 Å². The summed E-state index contributed by atoms with van der Waals surface area (Å²) in [6.07, 6.45) is 2.14. The number of nitrogens with one attached hydrogen (secondary N) is 1. The molecule has 4 rings (SSSR count). The van der Waals surface area contributed by atoms with Gasteiger partial charge in [0.2, 0.25) is 5.95 Å². The number of aryl methyl sites for hydroxylation is 2. The van der Waals surface area contributed by atoms with Gasteiger partial charge in [0.1, 0.15) is 0 Å². The monoisotopic (exact) mass is 493 g/mol. The lowest BCUT2D eigenvalue weighted by Crippen LogP contribution is -2.39. The van der Waals surface area contributed by atoms with E-state index in [0.717, 1.165) is 17.4 Å². The van der Waals surface area contributed by atoms with Gasteiger partial charge in [-0.05, 0) is 43.9 Å². The molecule has 0 radical (unpaired) electrons. The van der Waals surface area contributed by atoms with Crippen LogP contribution in [0.25, 0.3) is 11.2 Å². The van der Waals surface area contributed by atoms with Gasteiger partial charge < -0.3 is 14.6 Å². The van der Waals surface area contributed by atoms with Crippen LogP contribution in [-0.2, 0) is 30.2 Å². The van der Waals surface area contributed by atoms with Crippen molar-refractivity contribution in [3.8, 4) is 0 Å². The molecule has 176 valence electrons. The first-order valence-electron chi connectivity index (χ1n) is 10.7. The van der Waals surface area contributed by atoms with Crippen LogP contribution in [0.1, 0.15) is 31.7 Å². The quantitative estimate of drug-likeness (QED) is 0.529. The van der Waals surface area contributed by atoms with Crippen LogP contribution in [0.5, 0.6) is 0 Å². The van der Waals surface area contributed by atoms with Crippen molar-refractivity contribution in [3.63, 3.8) is 0 Å². The number of halogens is 2. The number of rotatable bonds is 6. The highest BCUT2D eigenvalue weighted by atomic mass is 35.5. The van der Waals surface area contributed by atoms with E-state index >= 15 is 0 Å². The summed E-state index contributed by atoms with van der Waals surface area (Å²) in [4.78, 5) is 42.8. The summed E-state index contributed by atoms with van der Waals surface area (Å²) < 4.78 is 9.29. The molecule has 1 aliphatic carbocycles. The van der Waals surface area contributed by atoms with Gasteiger partial charge in [0.25, 0.3) is 5.56 Å². The van der Waals surface area contributed by atoms with Crippen LogP contribution < -0.4 is 16.6 Å². The van der Waals surface area contributed by atoms with Crippen LogP contribution in [0.2, 0.25) is 10.0 Å². The third-order valence-electron chi connectivity index (χ3n) is 6.07. The zero-order valence-electron chi connectivity index (χ0n) is 18.6. The van der Waals surface area contributed by atoms with E-state index in [-0.39, 0.29) is 24.5 Å². The van der Waals surface area contributed by atoms with Crippen LogP contribution >= 0.6 is 23.2 Å². The maximum Gasteiger partial charge on any atom is 0.332 e. The molecule has 2 atom stereocenters. The smallest absolute Gasteiger partial charge is 0.332 e. The van der Waals surface area contributed by atoms with Crippen LogP contribution in [-0.4, -0.2) is 37.3 Å². The number of ether oxygens (including phenoxy) is 1. The fraction of sp³-hybridized carbons (Fsp3) is 0.455. The predicted octanol–water partition coefficient (Wildman–Crippen LogP) is 2.93. The Morgan fingerprint density at radius 2 is 1.94 bits per heavy atom. The molecular formula is C22H25Cl2N5O4. The number of benzene rings is 1. The topological polar surface area (TPSA) is 100 Å². The highest BCUT2D eigenvalue weighted by Crippen LogP contribution is 2.29. The van der Waals surface area contributed by atoms with E-state index in [4.69, 9.17) is 27.9 Å². The van der Waals surface area contributed by atoms with Crippen molar-refractivity contribution < 1.29 is 9.53 Å². The van der Waals surface area contributed by atoms with Gasteiger partial charge in [-0.2, -0.15) is 4.98 Å². The first-order chi connectivity index (χ1) is 15.7. The average Bonchev–Trinajstić information content (AvgIpc) is 3.38. The van der Waals surface area contributed by atoms with E-state index in [9.17, 15) is 14.4 Å². The Kier molecular flexibility index (Phi) is 6.54. The van der Waals surface area contributed by atoms with Crippen LogP contribution in [0.15, 0.2) is 27.8 Å². The number of hydrogen-bond acceptors (Lipinski definition) is 6. The number of hydrogen-bond donors (Lipinski definition) is 1. The molecule has 9 nitrogen and oxygen atoms in total. The van der Waals surface area contributed by atoms with Crippen molar-refractivity contribution in [1.82, 2.24) is 18.7 Å². The third kappa shape index (κ3) is 4.39. The maximum absolute atomic E-state index is 13.3. The van der Waals surface area contributed by atoms with E-state index in [2.05, 4.69) is 10.3 Å². The molecule has 0 amide bonds. The van der Waals surface area contributed by atoms with Gasteiger partial charge >= 0.3 is 11.7 Å². The lowest BCUT2D eigenvalue weighted by atomic mass is 10.1. The average molecular weight is 494 g/mol. The normalized spacial score (nSPS) is 18.1. The Labute approximate surface area is 199 Å². The van der Waals surface area contributed by atoms with Crippen molar-refractivity contribution in [2.45, 2.75) is 38.8 Å². The molecule has 2 heterocycles. The largest absolute Gasteiger partial charge is 0.466 e. The van der Waals surface area contributed by atoms with E-state index in [1.807, 2.05) is 0 Å². The number of fused-ring (bicyclic) bond motifs is 1. The molecule has 0 unspecified atom stereocenters. The Morgan fingerprint density at radius 1 is 1.18 bits per heavy atom. The second-order valence-electron chi connectivity index (χ2n) is 8.25. The number of imidazole rings is 1. The third-order valence-corrected chi connectivity index (χ3v) is 6.81. The van der Waals surface area contributed by atoms with Gasteiger partial charge in [0.15, 0.2) is 11.2 Å². The van der Waals surface area contributed by atoms with E-state index < -0.39 is 11.2 Å². The molecule has 1 N–H and O–H groups in total. The Balaban J connectivity index is 1.66. The summed E-state index contributed by atoms with van der Waals surface area (Å²) in [6, 6.07) is 5.01. The highest BCUT2D eigenvalue weighted by Gasteiger charge is 2.32. The molecule has 0 bridgehead atoms. The number of carbonyl (C=O) groups is 1. The van der Waals surface area contributed by atoms with Gasteiger partial charge in [0, 0.05) is 20.1 Å². The Hall–Kier alpha value is -2.78. The molecule has 11 heteroatoms. The molecule has 2 aromatic heterocycles. The molecule has 0 saturated heterocycles. The minimum Gasteiger partial charge on any atom is -0.466 e. The molecule has 0 spiro atoms. The SMILES string of the molecule is CCOC(=O)[C@H]1CC[C@@H](Nc2nc3c(c(=O)n(Cc4ccc(Cl)c(Cl)c4)c(=O)n3C)n2C)C1. The number of aromatic nitrogens is 4. The lowest BCUT2D eigenvalue weighted by molar-refractivity contribution is -0.147. The number of nitrogens with zero attached hydrogens (tertiary/aromatic N) is 4. The fourth-order valence-corrected chi connectivity index (χ4v) is 4.62. The summed E-state index contributed by atoms with van der Waals surface area (Å²) in [7, 11) is 3.31. The second kappa shape index (κ2) is 9.23. The number of esters is 1. The van der Waals surface area contributed by atoms with E-state index in [0.29, 0.717) is 45.7 Å². The molecular weight excluding hydrogens is 469 g/mol. The van der Waals surface area contributed by atoms with Crippen molar-refractivity contribution in [2.75, 3.05) is 11.9 Å². The summed E-state index contributed by atoms with van der Waals surface area (Å²) in [5.74, 6) is 0.142. The van der Waals surface area contributed by atoms with Gasteiger partial charge in [-0.15, -0.1) is 0 Å². The van der Waals surface area contributed by atoms with Crippen LogP contribution in [0.4, 0.5) is 5.95 Å². The second-order valence-corrected chi connectivity index (χ2v) is 9.07. The fourth-order valence-electron chi connectivity index (χ4n) is 4.30. The minimum atomic E-state index is -0.480. The minimum absolute atomic E-state index is 0.0189. The zero-order valence-corrected chi connectivity index (χ0v) is 20.1. The van der Waals surface area contributed by atoms with Crippen LogP contribution in [0, 0.1) is 5.92 Å². The lowest BCUT2D eigenvalue weighted by Gasteiger charge is -2.13. The standard InChI is InChI=1S/C22H25Cl2N5O4/c1-4-33-20(31)13-6-7-14(10-13)25-21-26-18-17(27(21)2)19(30)29(22(32)28(18)3)11-12-5-8-15(23)16(24)9-12/h5,8-9,13-14H,4,6-7,10-11H2,1-3H3,(H,25,26)/t13-,14+/m0/s1. The molecule has 1 fully saturated rings. The summed E-state index contributed by atoms with van der Waals surface area (Å²) >= 11 is 12.1. The first-order valence-corrected chi connectivity index (χ1v) is 11.5. The van der Waals surface area contributed by atoms with E-state index in [1.165, 1.54) is 4.57 Å². The zero-order chi connectivity index (χ0) is 23.9. The van der Waals surface area contributed by atoms with Gasteiger partial charge in [-0.3, -0.25) is 18.7 Å².